The lowest BCUT2D eigenvalue weighted by molar-refractivity contribution is -0.122. The third kappa shape index (κ3) is 4.34. The molecule has 1 aliphatic heterocycles. The number of amides is 2. The number of thioether (sulfide) groups is 1. The van der Waals surface area contributed by atoms with E-state index >= 15 is 0 Å². The van der Waals surface area contributed by atoms with E-state index in [1.165, 1.54) is 11.0 Å². The molecule has 3 aromatic rings. The minimum atomic E-state index is -0.315. The topological polar surface area (TPSA) is 55.8 Å². The highest BCUT2D eigenvalue weighted by Gasteiger charge is 2.34. The lowest BCUT2D eigenvalue weighted by Gasteiger charge is -2.13. The molecule has 3 aromatic carbocycles. The molecule has 0 atom stereocenters. The molecule has 1 saturated heterocycles. The van der Waals surface area contributed by atoms with Crippen LogP contribution in [0.3, 0.4) is 0 Å². The summed E-state index contributed by atoms with van der Waals surface area (Å²) in [5.41, 5.74) is 1.83. The first-order valence-corrected chi connectivity index (χ1v) is 10.6. The number of carbonyl (C=O) groups is 2. The molecule has 0 spiro atoms. The summed E-state index contributed by atoms with van der Waals surface area (Å²) in [7, 11) is 1.57. The summed E-state index contributed by atoms with van der Waals surface area (Å²) in [5.74, 6) is 0.844. The highest BCUT2D eigenvalue weighted by atomic mass is 32.2. The number of nitrogens with zero attached hydrogens (tertiary/aromatic N) is 1. The summed E-state index contributed by atoms with van der Waals surface area (Å²) in [6.07, 6.45) is 3.22. The van der Waals surface area contributed by atoms with E-state index in [0.717, 1.165) is 33.7 Å². The molecular formula is C25H21NO4S. The van der Waals surface area contributed by atoms with Crippen molar-refractivity contribution in [2.75, 3.05) is 13.7 Å². The molecule has 6 heteroatoms. The van der Waals surface area contributed by atoms with Gasteiger partial charge in [0.15, 0.2) is 11.5 Å². The van der Waals surface area contributed by atoms with Gasteiger partial charge in [0.05, 0.1) is 12.0 Å². The van der Waals surface area contributed by atoms with Gasteiger partial charge in [0.1, 0.15) is 6.61 Å². The van der Waals surface area contributed by atoms with Crippen molar-refractivity contribution in [3.63, 3.8) is 0 Å². The summed E-state index contributed by atoms with van der Waals surface area (Å²) >= 11 is 0.922. The molecule has 31 heavy (non-hydrogen) atoms. The highest BCUT2D eigenvalue weighted by molar-refractivity contribution is 8.18. The van der Waals surface area contributed by atoms with E-state index < -0.39 is 0 Å². The quantitative estimate of drug-likeness (QED) is 0.357. The minimum absolute atomic E-state index is 0.201. The molecule has 0 radical (unpaired) electrons. The predicted octanol–water partition coefficient (Wildman–Crippen LogP) is 5.65. The number of fused-ring (bicyclic) bond motifs is 1. The number of ether oxygens (including phenoxy) is 2. The zero-order valence-electron chi connectivity index (χ0n) is 17.0. The second kappa shape index (κ2) is 9.10. The maximum atomic E-state index is 12.4. The molecule has 0 N–H and O–H groups in total. The van der Waals surface area contributed by atoms with Gasteiger partial charge < -0.3 is 9.47 Å². The number of hydrogen-bond acceptors (Lipinski definition) is 5. The lowest BCUT2D eigenvalue weighted by Crippen LogP contribution is -2.27. The molecule has 5 nitrogen and oxygen atoms in total. The van der Waals surface area contributed by atoms with Gasteiger partial charge >= 0.3 is 0 Å². The average molecular weight is 432 g/mol. The van der Waals surface area contributed by atoms with E-state index in [0.29, 0.717) is 23.0 Å². The number of benzene rings is 3. The van der Waals surface area contributed by atoms with Crippen molar-refractivity contribution >= 4 is 39.8 Å². The van der Waals surface area contributed by atoms with Crippen molar-refractivity contribution in [2.45, 2.75) is 6.61 Å². The van der Waals surface area contributed by atoms with Gasteiger partial charge in [-0.3, -0.25) is 14.5 Å². The summed E-state index contributed by atoms with van der Waals surface area (Å²) in [4.78, 5) is 26.0. The fourth-order valence-electron chi connectivity index (χ4n) is 3.40. The predicted molar refractivity (Wildman–Crippen MR) is 124 cm³/mol. The van der Waals surface area contributed by atoms with E-state index in [1.54, 1.807) is 19.3 Å². The highest BCUT2D eigenvalue weighted by Crippen LogP contribution is 2.35. The summed E-state index contributed by atoms with van der Waals surface area (Å²) < 4.78 is 11.5. The Hall–Kier alpha value is -3.51. The zero-order valence-corrected chi connectivity index (χ0v) is 17.9. The van der Waals surface area contributed by atoms with Crippen molar-refractivity contribution < 1.29 is 19.1 Å². The van der Waals surface area contributed by atoms with Crippen LogP contribution in [0.5, 0.6) is 11.5 Å². The van der Waals surface area contributed by atoms with Crippen LogP contribution in [0, 0.1) is 0 Å². The fraction of sp³-hybridized carbons (Fsp3) is 0.120. The monoisotopic (exact) mass is 431 g/mol. The molecular weight excluding hydrogens is 410 g/mol. The Labute approximate surface area is 185 Å². The number of imide groups is 1. The first-order valence-electron chi connectivity index (χ1n) is 9.74. The molecule has 156 valence electrons. The minimum Gasteiger partial charge on any atom is -0.493 e. The normalized spacial score (nSPS) is 15.0. The van der Waals surface area contributed by atoms with Gasteiger partial charge in [-0.2, -0.15) is 0 Å². The van der Waals surface area contributed by atoms with E-state index in [4.69, 9.17) is 9.47 Å². The summed E-state index contributed by atoms with van der Waals surface area (Å²) in [6, 6.07) is 19.7. The number of rotatable bonds is 7. The SMILES string of the molecule is C=CCN1C(=O)SC(=Cc2ccc(OCc3cccc4ccccc34)c(OC)c2)C1=O. The summed E-state index contributed by atoms with van der Waals surface area (Å²) in [6.45, 7) is 4.19. The van der Waals surface area contributed by atoms with Gasteiger partial charge in [-0.15, -0.1) is 6.58 Å². The van der Waals surface area contributed by atoms with Gasteiger partial charge in [0.25, 0.3) is 11.1 Å². The molecule has 1 heterocycles. The molecule has 0 aliphatic carbocycles. The van der Waals surface area contributed by atoms with E-state index in [9.17, 15) is 9.59 Å². The Balaban J connectivity index is 1.54. The first-order chi connectivity index (χ1) is 15.1. The Kier molecular flexibility index (Phi) is 6.09. The molecule has 1 aliphatic rings. The van der Waals surface area contributed by atoms with Crippen molar-refractivity contribution in [1.82, 2.24) is 4.90 Å². The number of carbonyl (C=O) groups excluding carboxylic acids is 2. The zero-order chi connectivity index (χ0) is 21.8. The van der Waals surface area contributed by atoms with Crippen LogP contribution in [0.4, 0.5) is 4.79 Å². The van der Waals surface area contributed by atoms with Gasteiger partial charge in [-0.1, -0.05) is 54.6 Å². The van der Waals surface area contributed by atoms with Crippen LogP contribution in [-0.2, 0) is 11.4 Å². The standard InChI is InChI=1S/C25H21NO4S/c1-3-13-26-24(27)23(31-25(26)28)15-17-11-12-21(22(14-17)29-2)30-16-19-9-6-8-18-7-4-5-10-20(18)19/h3-12,14-15H,1,13,16H2,2H3. The van der Waals surface area contributed by atoms with E-state index in [1.807, 2.05) is 36.4 Å². The van der Waals surface area contributed by atoms with Crippen molar-refractivity contribution in [3.8, 4) is 11.5 Å². The smallest absolute Gasteiger partial charge is 0.293 e. The van der Waals surface area contributed by atoms with Gasteiger partial charge in [0, 0.05) is 6.54 Å². The number of methoxy groups -OCH3 is 1. The lowest BCUT2D eigenvalue weighted by atomic mass is 10.1. The van der Waals surface area contributed by atoms with Crippen LogP contribution in [0.25, 0.3) is 16.8 Å². The molecule has 0 unspecified atom stereocenters. The van der Waals surface area contributed by atoms with Crippen LogP contribution in [0.1, 0.15) is 11.1 Å². The van der Waals surface area contributed by atoms with Crippen LogP contribution in [-0.4, -0.2) is 29.7 Å². The van der Waals surface area contributed by atoms with Crippen molar-refractivity contribution in [3.05, 3.63) is 89.4 Å². The molecule has 2 amide bonds. The second-order valence-electron chi connectivity index (χ2n) is 6.92. The third-order valence-electron chi connectivity index (χ3n) is 4.93. The molecule has 0 aromatic heterocycles. The van der Waals surface area contributed by atoms with E-state index in [-0.39, 0.29) is 17.7 Å². The van der Waals surface area contributed by atoms with Gasteiger partial charge in [-0.25, -0.2) is 0 Å². The van der Waals surface area contributed by atoms with Crippen LogP contribution < -0.4 is 9.47 Å². The Bertz CT molecular complexity index is 1200. The Morgan fingerprint density at radius 3 is 2.65 bits per heavy atom. The fourth-order valence-corrected chi connectivity index (χ4v) is 4.25. The van der Waals surface area contributed by atoms with Crippen LogP contribution >= 0.6 is 11.8 Å². The van der Waals surface area contributed by atoms with E-state index in [2.05, 4.69) is 24.8 Å². The van der Waals surface area contributed by atoms with Crippen molar-refractivity contribution in [1.29, 1.82) is 0 Å². The van der Waals surface area contributed by atoms with Crippen LogP contribution in [0.15, 0.2) is 78.2 Å². The Morgan fingerprint density at radius 1 is 1.03 bits per heavy atom. The third-order valence-corrected chi connectivity index (χ3v) is 5.84. The average Bonchev–Trinajstić information content (AvgIpc) is 3.05. The molecule has 0 saturated carbocycles. The summed E-state index contributed by atoms with van der Waals surface area (Å²) in [5, 5.41) is 2.02. The van der Waals surface area contributed by atoms with Crippen LogP contribution in [0.2, 0.25) is 0 Å². The first kappa shape index (κ1) is 20.8. The molecule has 0 bridgehead atoms. The molecule has 4 rings (SSSR count). The number of hydrogen-bond donors (Lipinski definition) is 0. The second-order valence-corrected chi connectivity index (χ2v) is 7.91. The maximum absolute atomic E-state index is 12.4. The van der Waals surface area contributed by atoms with Gasteiger partial charge in [-0.05, 0) is 51.9 Å². The molecule has 1 fully saturated rings. The van der Waals surface area contributed by atoms with Gasteiger partial charge in [0.2, 0.25) is 0 Å². The Morgan fingerprint density at radius 2 is 1.84 bits per heavy atom. The largest absolute Gasteiger partial charge is 0.493 e. The maximum Gasteiger partial charge on any atom is 0.293 e. The van der Waals surface area contributed by atoms with Crippen molar-refractivity contribution in [2.24, 2.45) is 0 Å².